The van der Waals surface area contributed by atoms with Crippen LogP contribution in [0.3, 0.4) is 0 Å². The minimum Gasteiger partial charge on any atom is -0.456 e. The molecule has 1 aliphatic carbocycles. The molecule has 1 aliphatic rings. The maximum Gasteiger partial charge on any atom is 0.164 e. The van der Waals surface area contributed by atoms with Gasteiger partial charge in [-0.3, -0.25) is 0 Å². The highest BCUT2D eigenvalue weighted by Crippen LogP contribution is 2.50. The quantitative estimate of drug-likeness (QED) is 0.187. The van der Waals surface area contributed by atoms with Gasteiger partial charge in [0.25, 0.3) is 0 Å². The highest BCUT2D eigenvalue weighted by molar-refractivity contribution is 6.12. The largest absolute Gasteiger partial charge is 0.456 e. The fourth-order valence-electron chi connectivity index (χ4n) is 7.27. The number of benzene rings is 7. The predicted octanol–water partition coefficient (Wildman–Crippen LogP) is 11.6. The molecule has 50 heavy (non-hydrogen) atoms. The van der Waals surface area contributed by atoms with Crippen molar-refractivity contribution in [2.75, 3.05) is 0 Å². The van der Waals surface area contributed by atoms with Gasteiger partial charge in [-0.15, -0.1) is 0 Å². The van der Waals surface area contributed by atoms with Crippen LogP contribution in [0, 0.1) is 0 Å². The van der Waals surface area contributed by atoms with Gasteiger partial charge >= 0.3 is 0 Å². The summed E-state index contributed by atoms with van der Waals surface area (Å²) >= 11 is 0. The standard InChI is InChI=1S/C46H29N3O/c1-4-13-29(14-5-1)32-23-25-35-34-19-10-11-20-36(34)42(38(35)27-32)33-24-26-40-39(28-33)43-37(21-12-22-41(43)50-40)46-48-44(30-15-6-2-7-16-30)47-45(49-46)31-17-8-3-9-18-31/h1-28,42H/i2D,6D,7D,15D,16D. The summed E-state index contributed by atoms with van der Waals surface area (Å²) in [4.78, 5) is 14.5. The minimum absolute atomic E-state index is 0.0141. The Kier molecular flexibility index (Phi) is 5.44. The lowest BCUT2D eigenvalue weighted by Gasteiger charge is -2.16. The Balaban J connectivity index is 1.19. The first kappa shape index (κ1) is 23.6. The van der Waals surface area contributed by atoms with E-state index in [1.807, 2.05) is 60.7 Å². The number of fused-ring (bicyclic) bond motifs is 6. The molecule has 1 unspecified atom stereocenters. The van der Waals surface area contributed by atoms with Gasteiger partial charge < -0.3 is 4.42 Å². The Labute approximate surface area is 296 Å². The van der Waals surface area contributed by atoms with Crippen LogP contribution in [0.2, 0.25) is 0 Å². The molecule has 7 aromatic carbocycles. The van der Waals surface area contributed by atoms with Crippen molar-refractivity contribution in [3.05, 3.63) is 186 Å². The van der Waals surface area contributed by atoms with Gasteiger partial charge in [-0.05, 0) is 63.2 Å². The van der Waals surface area contributed by atoms with Crippen molar-refractivity contribution in [3.8, 4) is 56.4 Å². The molecular formula is C46H29N3O. The summed E-state index contributed by atoms with van der Waals surface area (Å²) in [5, 5.41) is 1.69. The molecule has 234 valence electrons. The van der Waals surface area contributed by atoms with Gasteiger partial charge in [0, 0.05) is 33.4 Å². The van der Waals surface area contributed by atoms with Gasteiger partial charge in [0.05, 0.1) is 6.85 Å². The van der Waals surface area contributed by atoms with Crippen molar-refractivity contribution in [2.45, 2.75) is 5.92 Å². The summed E-state index contributed by atoms with van der Waals surface area (Å²) in [6.45, 7) is 0. The molecule has 0 spiro atoms. The van der Waals surface area contributed by atoms with Crippen molar-refractivity contribution >= 4 is 21.9 Å². The van der Waals surface area contributed by atoms with E-state index >= 15 is 0 Å². The zero-order valence-corrected chi connectivity index (χ0v) is 26.6. The summed E-state index contributed by atoms with van der Waals surface area (Å²) in [6, 6.07) is 45.1. The number of aromatic nitrogens is 3. The first-order valence-electron chi connectivity index (χ1n) is 19.0. The molecule has 4 heteroatoms. The summed E-state index contributed by atoms with van der Waals surface area (Å²) in [5.41, 5.74) is 11.0. The van der Waals surface area contributed by atoms with Crippen LogP contribution in [0.1, 0.15) is 29.5 Å². The third kappa shape index (κ3) is 4.65. The fraction of sp³-hybridized carbons (Fsp3) is 0.0217. The van der Waals surface area contributed by atoms with Gasteiger partial charge in [-0.1, -0.05) is 145 Å². The van der Waals surface area contributed by atoms with Crippen LogP contribution >= 0.6 is 0 Å². The maximum absolute atomic E-state index is 8.72. The van der Waals surface area contributed by atoms with E-state index in [2.05, 4.69) is 83.8 Å². The van der Waals surface area contributed by atoms with Crippen LogP contribution in [0.15, 0.2) is 174 Å². The molecule has 2 aromatic heterocycles. The molecule has 0 N–H and O–H groups in total. The molecule has 0 radical (unpaired) electrons. The first-order valence-corrected chi connectivity index (χ1v) is 16.5. The molecule has 2 heterocycles. The highest BCUT2D eigenvalue weighted by Gasteiger charge is 2.31. The number of hydrogen-bond acceptors (Lipinski definition) is 4. The minimum atomic E-state index is -0.481. The van der Waals surface area contributed by atoms with Gasteiger partial charge in [-0.25, -0.2) is 15.0 Å². The Hall–Kier alpha value is -6.65. The molecule has 0 saturated heterocycles. The number of rotatable bonds is 5. The lowest BCUT2D eigenvalue weighted by atomic mass is 9.87. The maximum atomic E-state index is 8.72. The van der Waals surface area contributed by atoms with Gasteiger partial charge in [-0.2, -0.15) is 0 Å². The number of hydrogen-bond donors (Lipinski definition) is 0. The van der Waals surface area contributed by atoms with Crippen LogP contribution in [0.4, 0.5) is 0 Å². The Morgan fingerprint density at radius 1 is 0.460 bits per heavy atom. The first-order chi connectivity index (χ1) is 26.9. The third-order valence-electron chi connectivity index (χ3n) is 9.52. The highest BCUT2D eigenvalue weighted by atomic mass is 16.3. The fourth-order valence-corrected chi connectivity index (χ4v) is 7.27. The molecule has 1 atom stereocenters. The van der Waals surface area contributed by atoms with Crippen LogP contribution in [-0.4, -0.2) is 15.0 Å². The lowest BCUT2D eigenvalue weighted by Crippen LogP contribution is -2.00. The monoisotopic (exact) mass is 644 g/mol. The second-order valence-electron chi connectivity index (χ2n) is 12.4. The van der Waals surface area contributed by atoms with Crippen molar-refractivity contribution in [3.63, 3.8) is 0 Å². The molecule has 0 amide bonds. The van der Waals surface area contributed by atoms with Crippen molar-refractivity contribution in [1.82, 2.24) is 15.0 Å². The van der Waals surface area contributed by atoms with Gasteiger partial charge in [0.15, 0.2) is 17.5 Å². The summed E-state index contributed by atoms with van der Waals surface area (Å²) in [6.07, 6.45) is 0. The van der Waals surface area contributed by atoms with Crippen LogP contribution in [0.5, 0.6) is 0 Å². The molecule has 0 fully saturated rings. The Bertz CT molecular complexity index is 2970. The van der Waals surface area contributed by atoms with E-state index in [-0.39, 0.29) is 29.4 Å². The second kappa shape index (κ2) is 11.5. The number of nitrogens with zero attached hydrogens (tertiary/aromatic N) is 3. The van der Waals surface area contributed by atoms with Gasteiger partial charge in [0.2, 0.25) is 0 Å². The van der Waals surface area contributed by atoms with Crippen LogP contribution in [0.25, 0.3) is 78.4 Å². The lowest BCUT2D eigenvalue weighted by molar-refractivity contribution is 0.668. The second-order valence-corrected chi connectivity index (χ2v) is 12.4. The Morgan fingerprint density at radius 3 is 1.96 bits per heavy atom. The van der Waals surface area contributed by atoms with E-state index in [9.17, 15) is 0 Å². The molecule has 9 aromatic rings. The molecule has 0 aliphatic heterocycles. The normalized spacial score (nSPS) is 14.8. The SMILES string of the molecule is [2H]c1c([2H])c([2H])c(-c2nc(-c3ccccc3)nc(-c3cccc4oc5ccc(C6c7ccccc7-c7ccc(-c8ccccc8)cc76)cc5c34)n2)c([2H])c1[2H]. The molecule has 10 rings (SSSR count). The van der Waals surface area contributed by atoms with E-state index in [1.54, 1.807) is 0 Å². The third-order valence-corrected chi connectivity index (χ3v) is 9.52. The topological polar surface area (TPSA) is 51.8 Å². The smallest absolute Gasteiger partial charge is 0.164 e. The summed E-state index contributed by atoms with van der Waals surface area (Å²) < 4.78 is 48.7. The van der Waals surface area contributed by atoms with Crippen LogP contribution < -0.4 is 0 Å². The summed E-state index contributed by atoms with van der Waals surface area (Å²) in [7, 11) is 0. The molecule has 0 bridgehead atoms. The molecule has 0 saturated carbocycles. The summed E-state index contributed by atoms with van der Waals surface area (Å²) in [5.74, 6) is 0.568. The van der Waals surface area contributed by atoms with Crippen molar-refractivity contribution < 1.29 is 11.3 Å². The van der Waals surface area contributed by atoms with Crippen molar-refractivity contribution in [1.29, 1.82) is 0 Å². The van der Waals surface area contributed by atoms with Crippen LogP contribution in [-0.2, 0) is 0 Å². The number of furan rings is 1. The zero-order valence-electron chi connectivity index (χ0n) is 31.6. The van der Waals surface area contributed by atoms with E-state index in [0.29, 0.717) is 33.9 Å². The van der Waals surface area contributed by atoms with Gasteiger partial charge in [0.1, 0.15) is 11.2 Å². The molecule has 4 nitrogen and oxygen atoms in total. The zero-order chi connectivity index (χ0) is 37.4. The van der Waals surface area contributed by atoms with E-state index in [1.165, 1.54) is 22.3 Å². The van der Waals surface area contributed by atoms with E-state index in [4.69, 9.17) is 21.2 Å². The average Bonchev–Trinajstić information content (AvgIpc) is 3.78. The van der Waals surface area contributed by atoms with Crippen molar-refractivity contribution in [2.24, 2.45) is 0 Å². The predicted molar refractivity (Wildman–Crippen MR) is 202 cm³/mol. The van der Waals surface area contributed by atoms with E-state index in [0.717, 1.165) is 27.5 Å². The average molecular weight is 645 g/mol. The van der Waals surface area contributed by atoms with E-state index < -0.39 is 18.1 Å². The Morgan fingerprint density at radius 2 is 1.14 bits per heavy atom. The molecular weight excluding hydrogens is 611 g/mol.